The number of carbonyl (C=O) groups is 1. The van der Waals surface area contributed by atoms with Crippen molar-refractivity contribution in [1.82, 2.24) is 0 Å². The van der Waals surface area contributed by atoms with Gasteiger partial charge in [0.15, 0.2) is 0 Å². The molecule has 0 aliphatic heterocycles. The molecule has 0 fully saturated rings. The Hall–Kier alpha value is -2.09. The Balaban J connectivity index is -0.000000231. The molecule has 1 aromatic carbocycles. The molecule has 122 valence electrons. The van der Waals surface area contributed by atoms with E-state index in [-0.39, 0.29) is 29.1 Å². The fraction of sp³-hybridized carbons (Fsp3) is 0.176. The van der Waals surface area contributed by atoms with E-state index in [1.54, 1.807) is 0 Å². The predicted molar refractivity (Wildman–Crippen MR) is 77.6 cm³/mol. The van der Waals surface area contributed by atoms with Gasteiger partial charge in [0.05, 0.1) is 0 Å². The summed E-state index contributed by atoms with van der Waals surface area (Å²) >= 11 is 0. The van der Waals surface area contributed by atoms with Gasteiger partial charge in [0.2, 0.25) is 0 Å². The van der Waals surface area contributed by atoms with E-state index in [4.69, 9.17) is 18.7 Å². The minimum atomic E-state index is -0.260. The Morgan fingerprint density at radius 1 is 1.04 bits per heavy atom. The summed E-state index contributed by atoms with van der Waals surface area (Å²) in [4.78, 5) is 10.6. The number of ether oxygens (including phenoxy) is 1. The Kier molecular flexibility index (Phi) is 31.4. The average molecular weight is 356 g/mol. The molecule has 1 unspecified atom stereocenters. The van der Waals surface area contributed by atoms with Crippen LogP contribution in [0.25, 0.3) is 6.08 Å². The third-order valence-corrected chi connectivity index (χ3v) is 1.93. The Morgan fingerprint density at radius 3 is 1.96 bits per heavy atom. The van der Waals surface area contributed by atoms with E-state index in [2.05, 4.69) is 20.0 Å². The molecule has 0 aromatic heterocycles. The van der Waals surface area contributed by atoms with Gasteiger partial charge in [-0.25, -0.2) is 0 Å². The molecule has 0 spiro atoms. The average Bonchev–Trinajstić information content (AvgIpc) is 2.57. The number of carbonyl (C=O) groups excluding carboxylic acids is 1. The molecule has 1 atom stereocenters. The molecule has 0 saturated heterocycles. The number of allylic oxidation sites excluding steroid dienone is 2. The maximum atomic E-state index is 10.6. The first-order chi connectivity index (χ1) is 10.7. The minimum absolute atomic E-state index is 0. The fourth-order valence-electron chi connectivity index (χ4n) is 1.25. The van der Waals surface area contributed by atoms with Crippen LogP contribution >= 0.6 is 0 Å². The summed E-state index contributed by atoms with van der Waals surface area (Å²) in [7, 11) is 0. The van der Waals surface area contributed by atoms with Crippen LogP contribution in [0.5, 0.6) is 0 Å². The smallest absolute Gasteiger partial charge is 0 e. The van der Waals surface area contributed by atoms with Gasteiger partial charge in [-0.1, -0.05) is 48.6 Å². The van der Waals surface area contributed by atoms with Crippen molar-refractivity contribution in [1.29, 1.82) is 0 Å². The van der Waals surface area contributed by atoms with Gasteiger partial charge in [-0.3, -0.25) is 4.79 Å². The van der Waals surface area contributed by atoms with Crippen molar-refractivity contribution in [3.8, 4) is 0 Å². The summed E-state index contributed by atoms with van der Waals surface area (Å²) in [6, 6.07) is 10.0. The Labute approximate surface area is 147 Å². The largest absolute Gasteiger partial charge is 0 e. The van der Waals surface area contributed by atoms with Gasteiger partial charge in [0, 0.05) is 24.0 Å². The van der Waals surface area contributed by atoms with Crippen LogP contribution in [0.2, 0.25) is 0 Å². The van der Waals surface area contributed by atoms with E-state index in [0.29, 0.717) is 0 Å². The van der Waals surface area contributed by atoms with Crippen LogP contribution in [0.15, 0.2) is 48.6 Å². The first-order valence-corrected chi connectivity index (χ1v) is 5.87. The summed E-state index contributed by atoms with van der Waals surface area (Å²) in [5.41, 5.74) is 1.15. The van der Waals surface area contributed by atoms with Gasteiger partial charge in [-0.2, -0.15) is 0 Å². The second-order valence-electron chi connectivity index (χ2n) is 3.47. The summed E-state index contributed by atoms with van der Waals surface area (Å²) in [5.74, 6) is -0.260. The number of esters is 1. The summed E-state index contributed by atoms with van der Waals surface area (Å²) in [6.07, 6.45) is 7.45. The molecule has 0 saturated carbocycles. The minimum Gasteiger partial charge on any atom is 0 e. The van der Waals surface area contributed by atoms with E-state index >= 15 is 0 Å². The molecule has 1 rings (SSSR count). The van der Waals surface area contributed by atoms with Gasteiger partial charge in [-0.05, 0) is 18.6 Å². The zero-order valence-electron chi connectivity index (χ0n) is 12.7. The quantitative estimate of drug-likeness (QED) is 0.273. The molecule has 0 aliphatic rings. The Morgan fingerprint density at radius 2 is 1.52 bits per heavy atom. The molecule has 0 radical (unpaired) electrons. The first-order valence-electron chi connectivity index (χ1n) is 5.87. The monoisotopic (exact) mass is 356 g/mol. The molecular weight excluding hydrogens is 340 g/mol. The zero-order valence-corrected chi connectivity index (χ0v) is 13.8. The van der Waals surface area contributed by atoms with Gasteiger partial charge in [0.1, 0.15) is 6.10 Å². The van der Waals surface area contributed by atoms with Gasteiger partial charge < -0.3 is 4.74 Å². The number of benzene rings is 1. The number of rotatable bonds is 4. The summed E-state index contributed by atoms with van der Waals surface area (Å²) < 4.78 is 27.4. The van der Waals surface area contributed by atoms with Crippen molar-refractivity contribution < 1.29 is 40.6 Å². The zero-order chi connectivity index (χ0) is 17.8. The molecule has 0 amide bonds. The number of hydrogen-bond donors (Lipinski definition) is 0. The van der Waals surface area contributed by atoms with Crippen LogP contribution < -0.4 is 0 Å². The van der Waals surface area contributed by atoms with Crippen molar-refractivity contribution in [2.45, 2.75) is 20.0 Å². The normalized spacial score (nSPS) is 9.39. The second kappa shape index (κ2) is 24.9. The van der Waals surface area contributed by atoms with Gasteiger partial charge >= 0.3 is 39.9 Å². The van der Waals surface area contributed by atoms with Crippen LogP contribution in [0.1, 0.15) is 19.4 Å². The standard InChI is InChI=1S/C14H16O2.3CO.Fe/c1-12(16-13(2)15)8-6-7-11-14-9-4-3-5-10-14;3*1-2;/h3-12H,1-2H3;;;;/b8-6?,11-7-;;;;. The van der Waals surface area contributed by atoms with E-state index < -0.39 is 0 Å². The van der Waals surface area contributed by atoms with E-state index in [1.807, 2.05) is 61.6 Å². The summed E-state index contributed by atoms with van der Waals surface area (Å²) in [6.45, 7) is 16.7. The third kappa shape index (κ3) is 22.3. The maximum absolute atomic E-state index is 10.6. The molecule has 5 nitrogen and oxygen atoms in total. The third-order valence-electron chi connectivity index (χ3n) is 1.93. The van der Waals surface area contributed by atoms with Gasteiger partial charge in [-0.15, -0.1) is 0 Å². The Bertz CT molecular complexity index is 486. The summed E-state index contributed by atoms with van der Waals surface area (Å²) in [5, 5.41) is 0. The fourth-order valence-corrected chi connectivity index (χ4v) is 1.25. The van der Waals surface area contributed by atoms with Crippen molar-refractivity contribution in [2.24, 2.45) is 0 Å². The van der Waals surface area contributed by atoms with Crippen LogP contribution in [0.3, 0.4) is 0 Å². The number of hydrogen-bond acceptors (Lipinski definition) is 2. The van der Waals surface area contributed by atoms with Crippen molar-refractivity contribution in [3.05, 3.63) is 74.1 Å². The van der Waals surface area contributed by atoms with Gasteiger partial charge in [0.25, 0.3) is 0 Å². The van der Waals surface area contributed by atoms with Crippen molar-refractivity contribution >= 4 is 12.0 Å². The van der Waals surface area contributed by atoms with Crippen molar-refractivity contribution in [3.63, 3.8) is 0 Å². The SMILES string of the molecule is CC(=O)OC(C)C=C/C=C\c1ccccc1.[C-]#[O+].[C-]#[O+].[C-]#[O+].[Fe]. The second-order valence-corrected chi connectivity index (χ2v) is 3.47. The molecule has 23 heavy (non-hydrogen) atoms. The molecular formula is C17H16FeO5. The molecule has 0 N–H and O–H groups in total. The topological polar surface area (TPSA) is 86.0 Å². The van der Waals surface area contributed by atoms with E-state index in [9.17, 15) is 4.79 Å². The molecule has 0 aliphatic carbocycles. The molecule has 6 heteroatoms. The van der Waals surface area contributed by atoms with Crippen molar-refractivity contribution in [2.75, 3.05) is 0 Å². The molecule has 1 aromatic rings. The predicted octanol–water partition coefficient (Wildman–Crippen LogP) is 3.09. The van der Waals surface area contributed by atoms with Crippen LogP contribution in [-0.2, 0) is 40.6 Å². The van der Waals surface area contributed by atoms with E-state index in [1.165, 1.54) is 6.92 Å². The molecule has 0 heterocycles. The van der Waals surface area contributed by atoms with Crippen LogP contribution in [0.4, 0.5) is 0 Å². The molecule has 0 bridgehead atoms. The van der Waals surface area contributed by atoms with E-state index in [0.717, 1.165) is 5.56 Å². The first kappa shape index (κ1) is 29.0. The maximum Gasteiger partial charge on any atom is 0 e. The van der Waals surface area contributed by atoms with Crippen LogP contribution in [0, 0.1) is 20.0 Å². The van der Waals surface area contributed by atoms with Crippen LogP contribution in [-0.4, -0.2) is 12.1 Å².